The third-order valence-corrected chi connectivity index (χ3v) is 6.71. The molecule has 0 radical (unpaired) electrons. The summed E-state index contributed by atoms with van der Waals surface area (Å²) in [4.78, 5) is 20.6. The van der Waals surface area contributed by atoms with Gasteiger partial charge < -0.3 is 18.9 Å². The van der Waals surface area contributed by atoms with E-state index in [1.165, 1.54) is 0 Å². The number of imidazole rings is 1. The summed E-state index contributed by atoms with van der Waals surface area (Å²) in [6.07, 6.45) is 0.886. The van der Waals surface area contributed by atoms with E-state index >= 15 is 0 Å². The van der Waals surface area contributed by atoms with Crippen LogP contribution in [0.15, 0.2) is 66.7 Å². The quantitative estimate of drug-likeness (QED) is 0.204. The fraction of sp³-hybridized carbons (Fsp3) is 0.355. The monoisotopic (exact) mass is 533 g/mol. The van der Waals surface area contributed by atoms with E-state index in [0.29, 0.717) is 41.9 Å². The number of benzene rings is 3. The van der Waals surface area contributed by atoms with Gasteiger partial charge in [0.05, 0.1) is 47.9 Å². The normalized spacial score (nSPS) is 11.4. The van der Waals surface area contributed by atoms with Gasteiger partial charge in [0.25, 0.3) is 5.91 Å². The molecule has 0 spiro atoms. The first-order chi connectivity index (χ1) is 18.3. The Morgan fingerprint density at radius 3 is 2.47 bits per heavy atom. The van der Waals surface area contributed by atoms with Crippen molar-refractivity contribution in [1.82, 2.24) is 14.5 Å². The number of nitrogens with zero attached hydrogens (tertiary/aromatic N) is 3. The predicted molar refractivity (Wildman–Crippen MR) is 153 cm³/mol. The van der Waals surface area contributed by atoms with Crippen LogP contribution in [0.2, 0.25) is 5.02 Å². The Bertz CT molecular complexity index is 1400. The SMILES string of the molecule is COc1ccccc1Cn1c(CN(CCC(C)C)C(=O)c2ccc(OC(C)C)cc2Cl)nc2ccccc21. The molecule has 1 aromatic heterocycles. The lowest BCUT2D eigenvalue weighted by atomic mass is 10.1. The Balaban J connectivity index is 1.70. The van der Waals surface area contributed by atoms with Crippen LogP contribution in [0, 0.1) is 5.92 Å². The Hall–Kier alpha value is -3.51. The number of hydrogen-bond acceptors (Lipinski definition) is 4. The smallest absolute Gasteiger partial charge is 0.255 e. The highest BCUT2D eigenvalue weighted by Gasteiger charge is 2.23. The van der Waals surface area contributed by atoms with Crippen LogP contribution in [0.5, 0.6) is 11.5 Å². The number of hydrogen-bond donors (Lipinski definition) is 0. The van der Waals surface area contributed by atoms with Crippen LogP contribution in [0.1, 0.15) is 55.9 Å². The highest BCUT2D eigenvalue weighted by Crippen LogP contribution is 2.27. The number of halogens is 1. The average Bonchev–Trinajstić information content (AvgIpc) is 3.23. The molecule has 6 nitrogen and oxygen atoms in total. The van der Waals surface area contributed by atoms with Gasteiger partial charge in [-0.1, -0.05) is 55.8 Å². The minimum Gasteiger partial charge on any atom is -0.496 e. The van der Waals surface area contributed by atoms with Gasteiger partial charge in [0.15, 0.2) is 0 Å². The number of carbonyl (C=O) groups is 1. The molecular formula is C31H36ClN3O3. The fourth-order valence-corrected chi connectivity index (χ4v) is 4.70. The second-order valence-electron chi connectivity index (χ2n) is 10.1. The molecule has 1 amide bonds. The zero-order chi connectivity index (χ0) is 27.2. The Morgan fingerprint density at radius 2 is 1.76 bits per heavy atom. The van der Waals surface area contributed by atoms with Crippen LogP contribution < -0.4 is 9.47 Å². The number of methoxy groups -OCH3 is 1. The summed E-state index contributed by atoms with van der Waals surface area (Å²) in [5, 5.41) is 0.380. The van der Waals surface area contributed by atoms with Gasteiger partial charge >= 0.3 is 0 Å². The number of amides is 1. The van der Waals surface area contributed by atoms with Gasteiger partial charge in [-0.3, -0.25) is 4.79 Å². The fourth-order valence-electron chi connectivity index (χ4n) is 4.45. The molecular weight excluding hydrogens is 498 g/mol. The first-order valence-electron chi connectivity index (χ1n) is 13.1. The summed E-state index contributed by atoms with van der Waals surface area (Å²) in [5.41, 5.74) is 3.40. The number of aromatic nitrogens is 2. The van der Waals surface area contributed by atoms with Gasteiger partial charge in [0.1, 0.15) is 17.3 Å². The lowest BCUT2D eigenvalue weighted by Crippen LogP contribution is -2.33. The van der Waals surface area contributed by atoms with Crippen molar-refractivity contribution in [3.8, 4) is 11.5 Å². The number of ether oxygens (including phenoxy) is 2. The van der Waals surface area contributed by atoms with Gasteiger partial charge in [-0.2, -0.15) is 0 Å². The van der Waals surface area contributed by atoms with E-state index in [2.05, 4.69) is 30.5 Å². The first-order valence-corrected chi connectivity index (χ1v) is 13.5. The van der Waals surface area contributed by atoms with E-state index in [1.54, 1.807) is 25.3 Å². The summed E-state index contributed by atoms with van der Waals surface area (Å²) in [5.74, 6) is 2.59. The maximum Gasteiger partial charge on any atom is 0.255 e. The minimum absolute atomic E-state index is 0.0198. The lowest BCUT2D eigenvalue weighted by molar-refractivity contribution is 0.0729. The molecule has 0 N–H and O–H groups in total. The highest BCUT2D eigenvalue weighted by molar-refractivity contribution is 6.34. The van der Waals surface area contributed by atoms with Gasteiger partial charge in [0.2, 0.25) is 0 Å². The molecule has 7 heteroatoms. The minimum atomic E-state index is -0.123. The van der Waals surface area contributed by atoms with Crippen LogP contribution in [-0.4, -0.2) is 40.1 Å². The van der Waals surface area contributed by atoms with Crippen LogP contribution in [-0.2, 0) is 13.1 Å². The molecule has 3 aromatic carbocycles. The zero-order valence-corrected chi connectivity index (χ0v) is 23.5. The molecule has 200 valence electrons. The molecule has 4 aromatic rings. The van der Waals surface area contributed by atoms with Crippen molar-refractivity contribution in [2.24, 2.45) is 5.92 Å². The average molecular weight is 534 g/mol. The second kappa shape index (κ2) is 12.4. The Labute approximate surface area is 230 Å². The summed E-state index contributed by atoms with van der Waals surface area (Å²) in [7, 11) is 1.68. The molecule has 0 aliphatic carbocycles. The largest absolute Gasteiger partial charge is 0.496 e. The molecule has 1 heterocycles. The topological polar surface area (TPSA) is 56.6 Å². The van der Waals surface area contributed by atoms with Crippen molar-refractivity contribution in [2.75, 3.05) is 13.7 Å². The first kappa shape index (κ1) is 27.5. The molecule has 0 atom stereocenters. The predicted octanol–water partition coefficient (Wildman–Crippen LogP) is 7.22. The van der Waals surface area contributed by atoms with E-state index in [-0.39, 0.29) is 12.0 Å². The summed E-state index contributed by atoms with van der Waals surface area (Å²) >= 11 is 6.59. The molecule has 0 aliphatic heterocycles. The van der Waals surface area contributed by atoms with Crippen molar-refractivity contribution < 1.29 is 14.3 Å². The van der Waals surface area contributed by atoms with Crippen molar-refractivity contribution in [3.63, 3.8) is 0 Å². The molecule has 38 heavy (non-hydrogen) atoms. The summed E-state index contributed by atoms with van der Waals surface area (Å²) in [6, 6.07) is 21.3. The van der Waals surface area contributed by atoms with Gasteiger partial charge in [-0.25, -0.2) is 4.98 Å². The van der Waals surface area contributed by atoms with Gasteiger partial charge in [-0.05, 0) is 62.6 Å². The van der Waals surface area contributed by atoms with E-state index < -0.39 is 0 Å². The number of para-hydroxylation sites is 3. The standard InChI is InChI=1S/C31H36ClN3O3/c1-21(2)16-17-34(31(36)25-15-14-24(18-26(25)32)38-22(3)4)20-30-33-27-11-7-8-12-28(27)35(30)19-23-10-6-9-13-29(23)37-5/h6-15,18,21-22H,16-17,19-20H2,1-5H3. The van der Waals surface area contributed by atoms with E-state index in [0.717, 1.165) is 34.6 Å². The molecule has 0 unspecified atom stereocenters. The zero-order valence-electron chi connectivity index (χ0n) is 22.8. The van der Waals surface area contributed by atoms with Crippen LogP contribution >= 0.6 is 11.6 Å². The van der Waals surface area contributed by atoms with Crippen molar-refractivity contribution >= 4 is 28.5 Å². The maximum atomic E-state index is 13.8. The van der Waals surface area contributed by atoms with E-state index in [9.17, 15) is 4.79 Å². The number of carbonyl (C=O) groups excluding carboxylic acids is 1. The molecule has 0 saturated carbocycles. The van der Waals surface area contributed by atoms with Gasteiger partial charge in [0, 0.05) is 12.1 Å². The summed E-state index contributed by atoms with van der Waals surface area (Å²) < 4.78 is 13.5. The maximum absolute atomic E-state index is 13.8. The molecule has 0 fully saturated rings. The summed E-state index contributed by atoms with van der Waals surface area (Å²) in [6.45, 7) is 9.75. The molecule has 0 saturated heterocycles. The van der Waals surface area contributed by atoms with Crippen molar-refractivity contribution in [2.45, 2.75) is 53.3 Å². The van der Waals surface area contributed by atoms with Crippen molar-refractivity contribution in [1.29, 1.82) is 0 Å². The molecule has 4 rings (SSSR count). The lowest BCUT2D eigenvalue weighted by Gasteiger charge is -2.25. The third kappa shape index (κ3) is 6.48. The second-order valence-corrected chi connectivity index (χ2v) is 10.5. The number of fused-ring (bicyclic) bond motifs is 1. The Kier molecular flexibility index (Phi) is 8.95. The van der Waals surface area contributed by atoms with E-state index in [1.807, 2.05) is 55.1 Å². The highest BCUT2D eigenvalue weighted by atomic mass is 35.5. The molecule has 0 aliphatic rings. The molecule has 0 bridgehead atoms. The third-order valence-electron chi connectivity index (χ3n) is 6.39. The number of rotatable bonds is 11. The van der Waals surface area contributed by atoms with Crippen molar-refractivity contribution in [3.05, 3.63) is 88.7 Å². The van der Waals surface area contributed by atoms with Gasteiger partial charge in [-0.15, -0.1) is 0 Å². The van der Waals surface area contributed by atoms with Crippen LogP contribution in [0.4, 0.5) is 0 Å². The van der Waals surface area contributed by atoms with Crippen LogP contribution in [0.25, 0.3) is 11.0 Å². The van der Waals surface area contributed by atoms with E-state index in [4.69, 9.17) is 26.1 Å². The Morgan fingerprint density at radius 1 is 1.03 bits per heavy atom. The van der Waals surface area contributed by atoms with Crippen LogP contribution in [0.3, 0.4) is 0 Å².